The summed E-state index contributed by atoms with van der Waals surface area (Å²) in [4.78, 5) is 36.6. The highest BCUT2D eigenvalue weighted by Crippen LogP contribution is 2.21. The molecule has 0 radical (unpaired) electrons. The zero-order valence-electron chi connectivity index (χ0n) is 14.3. The Hall–Kier alpha value is -2.67. The summed E-state index contributed by atoms with van der Waals surface area (Å²) in [5.41, 5.74) is 1.17. The van der Waals surface area contributed by atoms with Crippen LogP contribution in [0.15, 0.2) is 30.3 Å². The quantitative estimate of drug-likeness (QED) is 0.606. The number of thiophene rings is 1. The molecule has 0 atom stereocenters. The van der Waals surface area contributed by atoms with Gasteiger partial charge in [0.05, 0.1) is 18.5 Å². The largest absolute Gasteiger partial charge is 0.496 e. The van der Waals surface area contributed by atoms with Crippen LogP contribution in [0.4, 0.5) is 0 Å². The van der Waals surface area contributed by atoms with Crippen LogP contribution in [0, 0.1) is 6.92 Å². The van der Waals surface area contributed by atoms with Gasteiger partial charge in [-0.1, -0.05) is 11.6 Å². The van der Waals surface area contributed by atoms with Gasteiger partial charge in [-0.3, -0.25) is 9.59 Å². The van der Waals surface area contributed by atoms with Crippen LogP contribution in [0.3, 0.4) is 0 Å². The second-order valence-electron chi connectivity index (χ2n) is 5.38. The number of nitrogens with one attached hydrogen (secondary N) is 1. The van der Waals surface area contributed by atoms with Crippen LogP contribution in [-0.2, 0) is 16.1 Å². The predicted octanol–water partition coefficient (Wildman–Crippen LogP) is 2.74. The van der Waals surface area contributed by atoms with E-state index in [-0.39, 0.29) is 23.9 Å². The molecule has 2 rings (SSSR count). The molecule has 0 aliphatic rings. The number of Topliss-reactive ketones (excluding diaryl/α,β-unsaturated/α-hetero) is 1. The van der Waals surface area contributed by atoms with Crippen molar-refractivity contribution in [2.24, 2.45) is 0 Å². The van der Waals surface area contributed by atoms with Crippen molar-refractivity contribution in [3.05, 3.63) is 51.2 Å². The minimum atomic E-state index is -0.607. The van der Waals surface area contributed by atoms with Crippen LogP contribution in [0.2, 0.25) is 0 Å². The molecule has 0 unspecified atom stereocenters. The molecule has 7 heteroatoms. The Labute approximate surface area is 149 Å². The van der Waals surface area contributed by atoms with Gasteiger partial charge in [0.25, 0.3) is 0 Å². The summed E-state index contributed by atoms with van der Waals surface area (Å²) < 4.78 is 10.3. The van der Waals surface area contributed by atoms with Crippen LogP contribution < -0.4 is 10.1 Å². The average molecular weight is 361 g/mol. The number of esters is 1. The van der Waals surface area contributed by atoms with Crippen molar-refractivity contribution in [3.8, 4) is 5.75 Å². The maximum Gasteiger partial charge on any atom is 0.342 e. The molecule has 25 heavy (non-hydrogen) atoms. The first-order valence-corrected chi connectivity index (χ1v) is 8.40. The van der Waals surface area contributed by atoms with Gasteiger partial charge < -0.3 is 14.8 Å². The van der Waals surface area contributed by atoms with Gasteiger partial charge in [0, 0.05) is 11.8 Å². The van der Waals surface area contributed by atoms with Crippen molar-refractivity contribution < 1.29 is 23.9 Å². The van der Waals surface area contributed by atoms with Crippen LogP contribution >= 0.6 is 11.3 Å². The third-order valence-corrected chi connectivity index (χ3v) is 4.48. The molecule has 1 aromatic carbocycles. The van der Waals surface area contributed by atoms with Gasteiger partial charge in [-0.25, -0.2) is 4.79 Å². The third-order valence-electron chi connectivity index (χ3n) is 3.36. The maximum atomic E-state index is 12.2. The molecule has 0 aliphatic carbocycles. The van der Waals surface area contributed by atoms with Crippen molar-refractivity contribution in [1.29, 1.82) is 0 Å². The number of benzene rings is 1. The lowest BCUT2D eigenvalue weighted by Gasteiger charge is -2.09. The van der Waals surface area contributed by atoms with Gasteiger partial charge >= 0.3 is 5.97 Å². The topological polar surface area (TPSA) is 81.7 Å². The van der Waals surface area contributed by atoms with E-state index in [1.807, 2.05) is 13.0 Å². The van der Waals surface area contributed by atoms with Gasteiger partial charge in [0.1, 0.15) is 11.3 Å². The molecule has 132 valence electrons. The van der Waals surface area contributed by atoms with E-state index in [0.717, 1.165) is 10.4 Å². The molecule has 1 amide bonds. The number of ether oxygens (including phenoxy) is 2. The molecule has 0 saturated carbocycles. The highest BCUT2D eigenvalue weighted by atomic mass is 32.1. The lowest BCUT2D eigenvalue weighted by Crippen LogP contribution is -2.18. The fourth-order valence-corrected chi connectivity index (χ4v) is 2.97. The Kier molecular flexibility index (Phi) is 6.30. The smallest absolute Gasteiger partial charge is 0.342 e. The number of aryl methyl sites for hydroxylation is 1. The minimum Gasteiger partial charge on any atom is -0.496 e. The number of carbonyl (C=O) groups is 3. The summed E-state index contributed by atoms with van der Waals surface area (Å²) in [6.07, 6.45) is 0. The Balaban J connectivity index is 1.97. The summed E-state index contributed by atoms with van der Waals surface area (Å²) in [6.45, 7) is 3.30. The van der Waals surface area contributed by atoms with Crippen molar-refractivity contribution in [3.63, 3.8) is 0 Å². The summed E-state index contributed by atoms with van der Waals surface area (Å²) >= 11 is 1.26. The van der Waals surface area contributed by atoms with Gasteiger partial charge in [0.15, 0.2) is 6.61 Å². The summed E-state index contributed by atoms with van der Waals surface area (Å²) in [5, 5.41) is 2.66. The van der Waals surface area contributed by atoms with E-state index in [1.165, 1.54) is 25.4 Å². The van der Waals surface area contributed by atoms with Crippen molar-refractivity contribution in [2.45, 2.75) is 20.4 Å². The van der Waals surface area contributed by atoms with E-state index in [0.29, 0.717) is 17.2 Å². The van der Waals surface area contributed by atoms with E-state index >= 15 is 0 Å². The highest BCUT2D eigenvalue weighted by Gasteiger charge is 2.17. The second-order valence-corrected chi connectivity index (χ2v) is 6.55. The first kappa shape index (κ1) is 18.7. The number of carbonyl (C=O) groups excluding carboxylic acids is 3. The lowest BCUT2D eigenvalue weighted by atomic mass is 10.1. The lowest BCUT2D eigenvalue weighted by molar-refractivity contribution is -0.119. The van der Waals surface area contributed by atoms with Gasteiger partial charge in [-0.2, -0.15) is 0 Å². The molecule has 0 saturated heterocycles. The maximum absolute atomic E-state index is 12.2. The van der Waals surface area contributed by atoms with Crippen LogP contribution in [-0.4, -0.2) is 31.4 Å². The zero-order valence-corrected chi connectivity index (χ0v) is 15.1. The fraction of sp³-hybridized carbons (Fsp3) is 0.278. The number of hydrogen-bond acceptors (Lipinski definition) is 6. The second kappa shape index (κ2) is 8.43. The molecule has 1 N–H and O–H groups in total. The predicted molar refractivity (Wildman–Crippen MR) is 94.2 cm³/mol. The molecular formula is C18H19NO5S. The Morgan fingerprint density at radius 3 is 2.60 bits per heavy atom. The van der Waals surface area contributed by atoms with Crippen LogP contribution in [0.1, 0.15) is 37.4 Å². The molecule has 2 aromatic rings. The van der Waals surface area contributed by atoms with E-state index < -0.39 is 5.97 Å². The van der Waals surface area contributed by atoms with Crippen LogP contribution in [0.25, 0.3) is 0 Å². The van der Waals surface area contributed by atoms with E-state index in [4.69, 9.17) is 9.47 Å². The first-order valence-electron chi connectivity index (χ1n) is 7.59. The standard InChI is InChI=1S/C18H19NO5S/c1-11-4-6-16(23-3)14(8-11)18(22)24-10-15(21)17-7-5-13(25-17)9-19-12(2)20/h4-8H,9-10H2,1-3H3,(H,19,20). The third kappa shape index (κ3) is 5.15. The number of ketones is 1. The van der Waals surface area contributed by atoms with Gasteiger partial charge in [-0.05, 0) is 31.2 Å². The minimum absolute atomic E-state index is 0.137. The summed E-state index contributed by atoms with van der Waals surface area (Å²) in [5.74, 6) is -0.637. The number of amides is 1. The van der Waals surface area contributed by atoms with Crippen molar-refractivity contribution in [2.75, 3.05) is 13.7 Å². The Bertz CT molecular complexity index is 797. The number of rotatable bonds is 7. The monoisotopic (exact) mass is 361 g/mol. The molecular weight excluding hydrogens is 342 g/mol. The fourth-order valence-electron chi connectivity index (χ4n) is 2.10. The highest BCUT2D eigenvalue weighted by molar-refractivity contribution is 7.14. The summed E-state index contributed by atoms with van der Waals surface area (Å²) in [6, 6.07) is 8.58. The Morgan fingerprint density at radius 2 is 1.92 bits per heavy atom. The summed E-state index contributed by atoms with van der Waals surface area (Å²) in [7, 11) is 1.47. The molecule has 0 aliphatic heterocycles. The molecule has 1 heterocycles. The molecule has 0 fully saturated rings. The SMILES string of the molecule is COc1ccc(C)cc1C(=O)OCC(=O)c1ccc(CNC(C)=O)s1. The zero-order chi connectivity index (χ0) is 18.4. The van der Waals surface area contributed by atoms with E-state index in [1.54, 1.807) is 24.3 Å². The normalized spacial score (nSPS) is 10.2. The van der Waals surface area contributed by atoms with Crippen molar-refractivity contribution in [1.82, 2.24) is 5.32 Å². The number of methoxy groups -OCH3 is 1. The number of hydrogen-bond donors (Lipinski definition) is 1. The van der Waals surface area contributed by atoms with Crippen molar-refractivity contribution >= 4 is 29.0 Å². The van der Waals surface area contributed by atoms with Crippen LogP contribution in [0.5, 0.6) is 5.75 Å². The molecule has 1 aromatic heterocycles. The van der Waals surface area contributed by atoms with Gasteiger partial charge in [-0.15, -0.1) is 11.3 Å². The average Bonchev–Trinajstić information content (AvgIpc) is 3.06. The van der Waals surface area contributed by atoms with E-state index in [2.05, 4.69) is 5.32 Å². The molecule has 0 bridgehead atoms. The molecule has 6 nitrogen and oxygen atoms in total. The molecule has 0 spiro atoms. The van der Waals surface area contributed by atoms with E-state index in [9.17, 15) is 14.4 Å². The first-order chi connectivity index (χ1) is 11.9. The Morgan fingerprint density at radius 1 is 1.16 bits per heavy atom. The van der Waals surface area contributed by atoms with Gasteiger partial charge in [0.2, 0.25) is 11.7 Å².